The fourth-order valence-corrected chi connectivity index (χ4v) is 2.35. The summed E-state index contributed by atoms with van der Waals surface area (Å²) < 4.78 is 0. The average Bonchev–Trinajstić information content (AvgIpc) is 2.67. The van der Waals surface area contributed by atoms with Crippen molar-refractivity contribution < 1.29 is 0 Å². The molecule has 0 aliphatic rings. The van der Waals surface area contributed by atoms with Crippen molar-refractivity contribution in [3.63, 3.8) is 0 Å². The first kappa shape index (κ1) is 9.46. The van der Waals surface area contributed by atoms with Gasteiger partial charge in [-0.2, -0.15) is 0 Å². The minimum absolute atomic E-state index is 1.16. The summed E-state index contributed by atoms with van der Waals surface area (Å²) in [5.41, 5.74) is 3.90. The number of para-hydroxylation sites is 1. The molecule has 0 aliphatic carbocycles. The summed E-state index contributed by atoms with van der Waals surface area (Å²) in [6.45, 7) is 2.22. The second-order valence-corrected chi connectivity index (χ2v) is 4.30. The first-order chi connectivity index (χ1) is 7.88. The highest BCUT2D eigenvalue weighted by Gasteiger charge is 2.03. The molecule has 0 fully saturated rings. The molecule has 0 atom stereocenters. The molecule has 0 bridgehead atoms. The van der Waals surface area contributed by atoms with Crippen LogP contribution in [0.3, 0.4) is 0 Å². The maximum Gasteiger partial charge on any atom is 0.0467 e. The molecule has 0 amide bonds. The number of nitrogens with one attached hydrogen (secondary N) is 1. The quantitative estimate of drug-likeness (QED) is 0.648. The van der Waals surface area contributed by atoms with Crippen LogP contribution in [0.1, 0.15) is 18.9 Å². The van der Waals surface area contributed by atoms with Gasteiger partial charge in [0.1, 0.15) is 0 Å². The third-order valence-electron chi connectivity index (χ3n) is 3.11. The minimum atomic E-state index is 1.16. The molecular weight excluding hydrogens is 194 g/mol. The Morgan fingerprint density at radius 2 is 1.75 bits per heavy atom. The van der Waals surface area contributed by atoms with Gasteiger partial charge in [-0.25, -0.2) is 0 Å². The Hall–Kier alpha value is -1.76. The summed E-state index contributed by atoms with van der Waals surface area (Å²) >= 11 is 0. The van der Waals surface area contributed by atoms with Gasteiger partial charge in [-0.3, -0.25) is 0 Å². The van der Waals surface area contributed by atoms with Crippen molar-refractivity contribution in [2.45, 2.75) is 19.8 Å². The van der Waals surface area contributed by atoms with Gasteiger partial charge in [0.15, 0.2) is 0 Å². The van der Waals surface area contributed by atoms with E-state index in [2.05, 4.69) is 54.4 Å². The lowest BCUT2D eigenvalue weighted by Crippen LogP contribution is -1.81. The molecule has 0 saturated carbocycles. The molecule has 80 valence electrons. The van der Waals surface area contributed by atoms with E-state index in [1.807, 2.05) is 0 Å². The minimum Gasteiger partial charge on any atom is -0.355 e. The molecule has 1 nitrogen and oxygen atoms in total. The first-order valence-corrected chi connectivity index (χ1v) is 5.88. The van der Waals surface area contributed by atoms with Crippen molar-refractivity contribution in [3.05, 3.63) is 48.0 Å². The highest BCUT2D eigenvalue weighted by atomic mass is 14.7. The van der Waals surface area contributed by atoms with E-state index in [1.165, 1.54) is 33.8 Å². The number of rotatable bonds is 2. The lowest BCUT2D eigenvalue weighted by atomic mass is 10.1. The SMILES string of the molecule is CCCc1ccc2c(c1)[nH]c1ccccc12. The summed E-state index contributed by atoms with van der Waals surface area (Å²) in [7, 11) is 0. The average molecular weight is 209 g/mol. The molecule has 0 saturated heterocycles. The van der Waals surface area contributed by atoms with Crippen LogP contribution in [-0.2, 0) is 6.42 Å². The number of fused-ring (bicyclic) bond motifs is 3. The lowest BCUT2D eigenvalue weighted by molar-refractivity contribution is 0.923. The van der Waals surface area contributed by atoms with Gasteiger partial charge in [-0.05, 0) is 24.1 Å². The van der Waals surface area contributed by atoms with Crippen molar-refractivity contribution in [1.29, 1.82) is 0 Å². The van der Waals surface area contributed by atoms with Crippen molar-refractivity contribution in [2.75, 3.05) is 0 Å². The van der Waals surface area contributed by atoms with E-state index >= 15 is 0 Å². The van der Waals surface area contributed by atoms with Gasteiger partial charge in [0.2, 0.25) is 0 Å². The number of hydrogen-bond acceptors (Lipinski definition) is 0. The molecule has 1 N–H and O–H groups in total. The number of H-pyrrole nitrogens is 1. The summed E-state index contributed by atoms with van der Waals surface area (Å²) in [5, 5.41) is 2.65. The van der Waals surface area contributed by atoms with E-state index in [1.54, 1.807) is 0 Å². The fourth-order valence-electron chi connectivity index (χ4n) is 2.35. The Kier molecular flexibility index (Phi) is 2.17. The second-order valence-electron chi connectivity index (χ2n) is 4.30. The molecule has 0 radical (unpaired) electrons. The standard InChI is InChI=1S/C15H15N/c1-2-5-11-8-9-13-12-6-3-4-7-14(12)16-15(13)10-11/h3-4,6-10,16H,2,5H2,1H3. The van der Waals surface area contributed by atoms with Crippen LogP contribution >= 0.6 is 0 Å². The van der Waals surface area contributed by atoms with E-state index in [9.17, 15) is 0 Å². The van der Waals surface area contributed by atoms with E-state index in [0.29, 0.717) is 0 Å². The zero-order valence-corrected chi connectivity index (χ0v) is 9.46. The Labute approximate surface area is 95.1 Å². The van der Waals surface area contributed by atoms with Gasteiger partial charge in [0.05, 0.1) is 0 Å². The van der Waals surface area contributed by atoms with Crippen LogP contribution < -0.4 is 0 Å². The third kappa shape index (κ3) is 1.40. The Morgan fingerprint density at radius 1 is 0.938 bits per heavy atom. The van der Waals surface area contributed by atoms with Crippen LogP contribution in [-0.4, -0.2) is 4.98 Å². The molecule has 0 aliphatic heterocycles. The molecule has 3 rings (SSSR count). The van der Waals surface area contributed by atoms with Crippen LogP contribution in [0.15, 0.2) is 42.5 Å². The molecule has 1 aromatic heterocycles. The predicted molar refractivity (Wildman–Crippen MR) is 69.8 cm³/mol. The van der Waals surface area contributed by atoms with Crippen molar-refractivity contribution in [2.24, 2.45) is 0 Å². The summed E-state index contributed by atoms with van der Waals surface area (Å²) in [5.74, 6) is 0. The third-order valence-corrected chi connectivity index (χ3v) is 3.11. The van der Waals surface area contributed by atoms with Crippen LogP contribution in [0.5, 0.6) is 0 Å². The van der Waals surface area contributed by atoms with E-state index in [4.69, 9.17) is 0 Å². The van der Waals surface area contributed by atoms with Gasteiger partial charge >= 0.3 is 0 Å². The van der Waals surface area contributed by atoms with Gasteiger partial charge < -0.3 is 4.98 Å². The van der Waals surface area contributed by atoms with Gasteiger partial charge in [-0.1, -0.05) is 43.7 Å². The molecule has 3 aromatic rings. The van der Waals surface area contributed by atoms with Gasteiger partial charge in [-0.15, -0.1) is 0 Å². The molecule has 1 heteroatoms. The molecule has 0 spiro atoms. The largest absolute Gasteiger partial charge is 0.355 e. The lowest BCUT2D eigenvalue weighted by Gasteiger charge is -1.98. The highest BCUT2D eigenvalue weighted by molar-refractivity contribution is 6.07. The van der Waals surface area contributed by atoms with Gasteiger partial charge in [0, 0.05) is 21.8 Å². The number of hydrogen-bond donors (Lipinski definition) is 1. The number of aromatic nitrogens is 1. The topological polar surface area (TPSA) is 15.8 Å². The molecular formula is C15H15N. The van der Waals surface area contributed by atoms with Crippen molar-refractivity contribution >= 4 is 21.8 Å². The summed E-state index contributed by atoms with van der Waals surface area (Å²) in [6, 6.07) is 15.2. The van der Waals surface area contributed by atoms with Crippen LogP contribution in [0.25, 0.3) is 21.8 Å². The molecule has 2 aromatic carbocycles. The zero-order chi connectivity index (χ0) is 11.0. The fraction of sp³-hybridized carbons (Fsp3) is 0.200. The first-order valence-electron chi connectivity index (χ1n) is 5.88. The number of aromatic amines is 1. The molecule has 16 heavy (non-hydrogen) atoms. The van der Waals surface area contributed by atoms with E-state index < -0.39 is 0 Å². The second kappa shape index (κ2) is 3.67. The van der Waals surface area contributed by atoms with E-state index in [-0.39, 0.29) is 0 Å². The highest BCUT2D eigenvalue weighted by Crippen LogP contribution is 2.25. The van der Waals surface area contributed by atoms with Crippen molar-refractivity contribution in [1.82, 2.24) is 4.98 Å². The smallest absolute Gasteiger partial charge is 0.0467 e. The molecule has 0 unspecified atom stereocenters. The van der Waals surface area contributed by atoms with Crippen LogP contribution in [0, 0.1) is 0 Å². The van der Waals surface area contributed by atoms with Crippen molar-refractivity contribution in [3.8, 4) is 0 Å². The van der Waals surface area contributed by atoms with Gasteiger partial charge in [0.25, 0.3) is 0 Å². The van der Waals surface area contributed by atoms with Crippen LogP contribution in [0.2, 0.25) is 0 Å². The Morgan fingerprint density at radius 3 is 2.62 bits per heavy atom. The normalized spacial score (nSPS) is 11.3. The Bertz CT molecular complexity index is 634. The van der Waals surface area contributed by atoms with Crippen LogP contribution in [0.4, 0.5) is 0 Å². The number of benzene rings is 2. The zero-order valence-electron chi connectivity index (χ0n) is 9.46. The summed E-state index contributed by atoms with van der Waals surface area (Å²) in [6.07, 6.45) is 2.36. The predicted octanol–water partition coefficient (Wildman–Crippen LogP) is 4.27. The number of aryl methyl sites for hydroxylation is 1. The Balaban J connectivity index is 2.28. The summed E-state index contributed by atoms with van der Waals surface area (Å²) in [4.78, 5) is 3.48. The maximum absolute atomic E-state index is 3.48. The monoisotopic (exact) mass is 209 g/mol. The van der Waals surface area contributed by atoms with E-state index in [0.717, 1.165) is 6.42 Å². The molecule has 1 heterocycles. The maximum atomic E-state index is 3.48.